The fourth-order valence-corrected chi connectivity index (χ4v) is 2.12. The monoisotopic (exact) mass is 382 g/mol. The molecule has 2 aromatic rings. The summed E-state index contributed by atoms with van der Waals surface area (Å²) in [6, 6.07) is 9.35. The lowest BCUT2D eigenvalue weighted by molar-refractivity contribution is -0.384. The molecule has 0 fully saturated rings. The fraction of sp³-hybridized carbons (Fsp3) is 0.176. The molecule has 2 rings (SSSR count). The number of nitro groups is 1. The van der Waals surface area contributed by atoms with Gasteiger partial charge in [0.05, 0.1) is 16.9 Å². The van der Waals surface area contributed by atoms with Crippen molar-refractivity contribution in [3.05, 3.63) is 69.8 Å². The SMILES string of the molecule is O=C(COC(=O)Cc1cccc(C(F)(F)F)c1)Nc1cccc([N+](=O)[O-])c1. The van der Waals surface area contributed by atoms with Gasteiger partial charge in [0.1, 0.15) is 0 Å². The number of esters is 1. The number of hydrogen-bond donors (Lipinski definition) is 1. The first-order chi connectivity index (χ1) is 12.6. The normalized spacial score (nSPS) is 10.9. The molecule has 1 N–H and O–H groups in total. The molecule has 7 nitrogen and oxygen atoms in total. The average Bonchev–Trinajstić information content (AvgIpc) is 2.60. The molecule has 142 valence electrons. The highest BCUT2D eigenvalue weighted by atomic mass is 19.4. The van der Waals surface area contributed by atoms with Crippen molar-refractivity contribution in [3.8, 4) is 0 Å². The Hall–Kier alpha value is -3.43. The zero-order valence-electron chi connectivity index (χ0n) is 13.7. The predicted octanol–water partition coefficient (Wildman–Crippen LogP) is 3.34. The molecule has 0 aromatic heterocycles. The highest BCUT2D eigenvalue weighted by molar-refractivity contribution is 5.93. The van der Waals surface area contributed by atoms with Crippen molar-refractivity contribution >= 4 is 23.3 Å². The van der Waals surface area contributed by atoms with Gasteiger partial charge in [-0.05, 0) is 17.7 Å². The number of carbonyl (C=O) groups excluding carboxylic acids is 2. The van der Waals surface area contributed by atoms with Crippen molar-refractivity contribution in [2.24, 2.45) is 0 Å². The number of amides is 1. The second-order valence-corrected chi connectivity index (χ2v) is 5.39. The van der Waals surface area contributed by atoms with Crippen molar-refractivity contribution in [2.75, 3.05) is 11.9 Å². The number of nitrogens with zero attached hydrogens (tertiary/aromatic N) is 1. The molecule has 0 aliphatic heterocycles. The minimum atomic E-state index is -4.53. The van der Waals surface area contributed by atoms with Gasteiger partial charge in [0.25, 0.3) is 11.6 Å². The molecule has 0 saturated heterocycles. The van der Waals surface area contributed by atoms with Gasteiger partial charge in [-0.2, -0.15) is 13.2 Å². The largest absolute Gasteiger partial charge is 0.455 e. The first kappa shape index (κ1) is 19.9. The van der Waals surface area contributed by atoms with E-state index >= 15 is 0 Å². The van der Waals surface area contributed by atoms with E-state index in [2.05, 4.69) is 5.32 Å². The van der Waals surface area contributed by atoms with Crippen LogP contribution < -0.4 is 5.32 Å². The zero-order valence-corrected chi connectivity index (χ0v) is 13.7. The Kier molecular flexibility index (Phi) is 6.11. The van der Waals surface area contributed by atoms with Crippen LogP contribution in [0.4, 0.5) is 24.5 Å². The number of non-ortho nitro benzene ring substituents is 1. The Bertz CT molecular complexity index is 868. The van der Waals surface area contributed by atoms with E-state index in [1.165, 1.54) is 30.3 Å². The number of ether oxygens (including phenoxy) is 1. The zero-order chi connectivity index (χ0) is 20.0. The van der Waals surface area contributed by atoms with Crippen LogP contribution in [0.2, 0.25) is 0 Å². The highest BCUT2D eigenvalue weighted by Crippen LogP contribution is 2.29. The van der Waals surface area contributed by atoms with Crippen LogP contribution in [-0.2, 0) is 26.9 Å². The lowest BCUT2D eigenvalue weighted by atomic mass is 10.1. The summed E-state index contributed by atoms with van der Waals surface area (Å²) in [5.41, 5.74) is -0.886. The van der Waals surface area contributed by atoms with E-state index in [1.807, 2.05) is 0 Å². The van der Waals surface area contributed by atoms with E-state index in [0.29, 0.717) is 0 Å². The molecule has 0 atom stereocenters. The van der Waals surface area contributed by atoms with Crippen molar-refractivity contribution in [1.29, 1.82) is 0 Å². The van der Waals surface area contributed by atoms with Crippen LogP contribution in [0.5, 0.6) is 0 Å². The van der Waals surface area contributed by atoms with Gasteiger partial charge in [0.15, 0.2) is 6.61 Å². The summed E-state index contributed by atoms with van der Waals surface area (Å²) >= 11 is 0. The number of rotatable bonds is 6. The van der Waals surface area contributed by atoms with Crippen LogP contribution in [0.1, 0.15) is 11.1 Å². The van der Waals surface area contributed by atoms with Crippen molar-refractivity contribution in [1.82, 2.24) is 0 Å². The topological polar surface area (TPSA) is 98.5 Å². The minimum Gasteiger partial charge on any atom is -0.455 e. The second kappa shape index (κ2) is 8.30. The first-order valence-corrected chi connectivity index (χ1v) is 7.51. The van der Waals surface area contributed by atoms with E-state index in [1.54, 1.807) is 0 Å². The van der Waals surface area contributed by atoms with Crippen LogP contribution in [-0.4, -0.2) is 23.4 Å². The molecule has 0 radical (unpaired) electrons. The summed E-state index contributed by atoms with van der Waals surface area (Å²) in [6.07, 6.45) is -4.97. The first-order valence-electron chi connectivity index (χ1n) is 7.51. The molecule has 0 spiro atoms. The Balaban J connectivity index is 1.87. The number of alkyl halides is 3. The maximum atomic E-state index is 12.6. The van der Waals surface area contributed by atoms with Gasteiger partial charge >= 0.3 is 12.1 Å². The van der Waals surface area contributed by atoms with Gasteiger partial charge in [-0.25, -0.2) is 0 Å². The maximum Gasteiger partial charge on any atom is 0.416 e. The second-order valence-electron chi connectivity index (χ2n) is 5.39. The number of nitrogens with one attached hydrogen (secondary N) is 1. The number of carbonyl (C=O) groups is 2. The van der Waals surface area contributed by atoms with Gasteiger partial charge in [-0.3, -0.25) is 19.7 Å². The molecular weight excluding hydrogens is 369 g/mol. The average molecular weight is 382 g/mol. The van der Waals surface area contributed by atoms with Gasteiger partial charge < -0.3 is 10.1 Å². The predicted molar refractivity (Wildman–Crippen MR) is 87.8 cm³/mol. The lowest BCUT2D eigenvalue weighted by Crippen LogP contribution is -2.21. The Morgan fingerprint density at radius 2 is 1.81 bits per heavy atom. The van der Waals surface area contributed by atoms with Crippen molar-refractivity contribution < 1.29 is 32.4 Å². The van der Waals surface area contributed by atoms with Gasteiger partial charge in [0, 0.05) is 17.8 Å². The molecule has 27 heavy (non-hydrogen) atoms. The standard InChI is InChI=1S/C17H13F3N2O5/c18-17(19,20)12-4-1-3-11(7-12)8-16(24)27-10-15(23)21-13-5-2-6-14(9-13)22(25)26/h1-7,9H,8,10H2,(H,21,23). The van der Waals surface area contributed by atoms with E-state index in [-0.39, 0.29) is 16.9 Å². The quantitative estimate of drug-likeness (QED) is 0.469. The molecule has 1 amide bonds. The summed E-state index contributed by atoms with van der Waals surface area (Å²) in [4.78, 5) is 33.5. The molecule has 2 aromatic carbocycles. The molecule has 0 bridgehead atoms. The van der Waals surface area contributed by atoms with Crippen LogP contribution in [0.15, 0.2) is 48.5 Å². The Morgan fingerprint density at radius 3 is 2.48 bits per heavy atom. The van der Waals surface area contributed by atoms with Crippen molar-refractivity contribution in [2.45, 2.75) is 12.6 Å². The highest BCUT2D eigenvalue weighted by Gasteiger charge is 2.30. The molecule has 0 heterocycles. The van der Waals surface area contributed by atoms with Gasteiger partial charge in [0.2, 0.25) is 0 Å². The summed E-state index contributed by atoms with van der Waals surface area (Å²) in [5.74, 6) is -1.63. The summed E-state index contributed by atoms with van der Waals surface area (Å²) < 4.78 is 42.6. The van der Waals surface area contributed by atoms with Crippen LogP contribution in [0, 0.1) is 10.1 Å². The molecule has 10 heteroatoms. The third-order valence-electron chi connectivity index (χ3n) is 3.31. The lowest BCUT2D eigenvalue weighted by Gasteiger charge is -2.09. The van der Waals surface area contributed by atoms with Crippen LogP contribution >= 0.6 is 0 Å². The third-order valence-corrected chi connectivity index (χ3v) is 3.31. The minimum absolute atomic E-state index is 0.0916. The van der Waals surface area contributed by atoms with E-state index < -0.39 is 41.6 Å². The van der Waals surface area contributed by atoms with E-state index in [4.69, 9.17) is 4.74 Å². The fourth-order valence-electron chi connectivity index (χ4n) is 2.12. The number of hydrogen-bond acceptors (Lipinski definition) is 5. The summed E-state index contributed by atoms with van der Waals surface area (Å²) in [5, 5.41) is 13.0. The number of anilines is 1. The van der Waals surface area contributed by atoms with Crippen LogP contribution in [0.3, 0.4) is 0 Å². The molecule has 0 unspecified atom stereocenters. The molecule has 0 aliphatic carbocycles. The summed E-state index contributed by atoms with van der Waals surface area (Å²) in [6.45, 7) is -0.680. The smallest absolute Gasteiger partial charge is 0.416 e. The van der Waals surface area contributed by atoms with Gasteiger partial charge in [-0.15, -0.1) is 0 Å². The third kappa shape index (κ3) is 6.10. The number of halogens is 3. The number of nitro benzene ring substituents is 1. The Labute approximate surface area is 150 Å². The Morgan fingerprint density at radius 1 is 1.11 bits per heavy atom. The van der Waals surface area contributed by atoms with E-state index in [0.717, 1.165) is 18.2 Å². The number of benzene rings is 2. The molecule has 0 aliphatic rings. The molecular formula is C17H13F3N2O5. The molecule has 0 saturated carbocycles. The van der Waals surface area contributed by atoms with Gasteiger partial charge in [-0.1, -0.05) is 24.3 Å². The summed E-state index contributed by atoms with van der Waals surface area (Å²) in [7, 11) is 0. The van der Waals surface area contributed by atoms with E-state index in [9.17, 15) is 32.9 Å². The maximum absolute atomic E-state index is 12.6. The van der Waals surface area contributed by atoms with Crippen LogP contribution in [0.25, 0.3) is 0 Å². The van der Waals surface area contributed by atoms with Crippen molar-refractivity contribution in [3.63, 3.8) is 0 Å².